The van der Waals surface area contributed by atoms with Crippen LogP contribution in [0.4, 0.5) is 0 Å². The summed E-state index contributed by atoms with van der Waals surface area (Å²) in [5, 5.41) is 3.00. The minimum Gasteiger partial charge on any atom is -0.352 e. The van der Waals surface area contributed by atoms with Gasteiger partial charge in [-0.25, -0.2) is 0 Å². The van der Waals surface area contributed by atoms with Crippen molar-refractivity contribution < 1.29 is 4.79 Å². The number of carbonyl (C=O) groups excluding carboxylic acids is 1. The predicted molar refractivity (Wildman–Crippen MR) is 53.2 cm³/mol. The van der Waals surface area contributed by atoms with Gasteiger partial charge in [0.05, 0.1) is 6.04 Å². The molecule has 13 heavy (non-hydrogen) atoms. The Bertz CT molecular complexity index is 182. The number of nitrogens with one attached hydrogen (secondary N) is 1. The van der Waals surface area contributed by atoms with Crippen LogP contribution in [0.25, 0.3) is 0 Å². The van der Waals surface area contributed by atoms with Gasteiger partial charge in [0.1, 0.15) is 0 Å². The first-order valence-corrected chi connectivity index (χ1v) is 5.19. The molecule has 1 aliphatic carbocycles. The van der Waals surface area contributed by atoms with Crippen LogP contribution in [-0.2, 0) is 4.79 Å². The van der Waals surface area contributed by atoms with Crippen molar-refractivity contribution >= 4 is 5.91 Å². The van der Waals surface area contributed by atoms with Crippen molar-refractivity contribution in [3.8, 4) is 0 Å². The third-order valence-electron chi connectivity index (χ3n) is 2.82. The first kappa shape index (κ1) is 10.5. The Morgan fingerprint density at radius 1 is 1.62 bits per heavy atom. The third-order valence-corrected chi connectivity index (χ3v) is 2.82. The fourth-order valence-corrected chi connectivity index (χ4v) is 1.83. The maximum absolute atomic E-state index is 11.4. The lowest BCUT2D eigenvalue weighted by Gasteiger charge is -2.15. The van der Waals surface area contributed by atoms with Gasteiger partial charge < -0.3 is 11.1 Å². The molecule has 0 heterocycles. The van der Waals surface area contributed by atoms with Gasteiger partial charge in [0.15, 0.2) is 0 Å². The second-order valence-corrected chi connectivity index (χ2v) is 4.14. The molecule has 1 amide bonds. The number of rotatable bonds is 3. The van der Waals surface area contributed by atoms with Crippen molar-refractivity contribution in [3.63, 3.8) is 0 Å². The Kier molecular flexibility index (Phi) is 3.72. The first-order valence-electron chi connectivity index (χ1n) is 5.19. The van der Waals surface area contributed by atoms with Crippen LogP contribution in [0, 0.1) is 5.92 Å². The molecule has 0 saturated heterocycles. The topological polar surface area (TPSA) is 55.1 Å². The highest BCUT2D eigenvalue weighted by Gasteiger charge is 2.23. The van der Waals surface area contributed by atoms with E-state index in [4.69, 9.17) is 5.73 Å². The van der Waals surface area contributed by atoms with Crippen molar-refractivity contribution in [1.82, 2.24) is 5.32 Å². The Morgan fingerprint density at radius 3 is 2.77 bits per heavy atom. The number of carbonyl (C=O) groups is 1. The minimum atomic E-state index is -0.323. The van der Waals surface area contributed by atoms with Crippen LogP contribution in [0.5, 0.6) is 0 Å². The van der Waals surface area contributed by atoms with Crippen LogP contribution in [0.15, 0.2) is 0 Å². The lowest BCUT2D eigenvalue weighted by Crippen LogP contribution is -2.44. The Labute approximate surface area is 80.1 Å². The SMILES string of the molecule is CC[C@H](N)C(=O)NC1CCC(C)C1. The summed E-state index contributed by atoms with van der Waals surface area (Å²) in [7, 11) is 0. The smallest absolute Gasteiger partial charge is 0.237 e. The summed E-state index contributed by atoms with van der Waals surface area (Å²) in [5.41, 5.74) is 5.62. The summed E-state index contributed by atoms with van der Waals surface area (Å²) in [6, 6.07) is 0.0519. The van der Waals surface area contributed by atoms with E-state index in [0.29, 0.717) is 12.5 Å². The molecule has 3 atom stereocenters. The number of amides is 1. The van der Waals surface area contributed by atoms with Gasteiger partial charge in [-0.1, -0.05) is 13.8 Å². The van der Waals surface area contributed by atoms with Gasteiger partial charge in [-0.3, -0.25) is 4.79 Å². The van der Waals surface area contributed by atoms with E-state index < -0.39 is 0 Å². The zero-order chi connectivity index (χ0) is 9.84. The van der Waals surface area contributed by atoms with Crippen LogP contribution < -0.4 is 11.1 Å². The van der Waals surface area contributed by atoms with E-state index in [1.54, 1.807) is 0 Å². The van der Waals surface area contributed by atoms with E-state index >= 15 is 0 Å². The van der Waals surface area contributed by atoms with Gasteiger partial charge in [-0.15, -0.1) is 0 Å². The summed E-state index contributed by atoms with van der Waals surface area (Å²) in [6.45, 7) is 4.16. The molecule has 0 aliphatic heterocycles. The van der Waals surface area contributed by atoms with Crippen molar-refractivity contribution in [3.05, 3.63) is 0 Å². The van der Waals surface area contributed by atoms with Crippen LogP contribution in [0.1, 0.15) is 39.5 Å². The second kappa shape index (κ2) is 4.61. The van der Waals surface area contributed by atoms with Gasteiger partial charge in [0.2, 0.25) is 5.91 Å². The van der Waals surface area contributed by atoms with Crippen molar-refractivity contribution in [2.24, 2.45) is 11.7 Å². The van der Waals surface area contributed by atoms with Gasteiger partial charge in [0, 0.05) is 6.04 Å². The summed E-state index contributed by atoms with van der Waals surface area (Å²) in [4.78, 5) is 11.4. The number of hydrogen-bond donors (Lipinski definition) is 2. The molecular weight excluding hydrogens is 164 g/mol. The second-order valence-electron chi connectivity index (χ2n) is 4.14. The van der Waals surface area contributed by atoms with Crippen molar-refractivity contribution in [2.75, 3.05) is 0 Å². The van der Waals surface area contributed by atoms with Crippen LogP contribution in [0.3, 0.4) is 0 Å². The molecule has 0 bridgehead atoms. The quantitative estimate of drug-likeness (QED) is 0.688. The Balaban J connectivity index is 2.28. The zero-order valence-corrected chi connectivity index (χ0v) is 8.55. The molecule has 1 aliphatic rings. The molecule has 0 spiro atoms. The largest absolute Gasteiger partial charge is 0.352 e. The average Bonchev–Trinajstić information content (AvgIpc) is 2.49. The molecule has 1 saturated carbocycles. The fraction of sp³-hybridized carbons (Fsp3) is 0.900. The monoisotopic (exact) mass is 184 g/mol. The molecule has 1 fully saturated rings. The van der Waals surface area contributed by atoms with Crippen LogP contribution >= 0.6 is 0 Å². The number of hydrogen-bond acceptors (Lipinski definition) is 2. The highest BCUT2D eigenvalue weighted by atomic mass is 16.2. The lowest BCUT2D eigenvalue weighted by atomic mass is 10.1. The summed E-state index contributed by atoms with van der Waals surface area (Å²) < 4.78 is 0. The normalized spacial score (nSPS) is 30.1. The zero-order valence-electron chi connectivity index (χ0n) is 8.55. The molecule has 1 rings (SSSR count). The summed E-state index contributed by atoms with van der Waals surface area (Å²) in [5.74, 6) is 0.768. The summed E-state index contributed by atoms with van der Waals surface area (Å²) in [6.07, 6.45) is 4.17. The maximum atomic E-state index is 11.4. The predicted octanol–water partition coefficient (Wildman–Crippen LogP) is 1.03. The van der Waals surface area contributed by atoms with E-state index in [1.165, 1.54) is 6.42 Å². The molecule has 0 aromatic carbocycles. The van der Waals surface area contributed by atoms with E-state index in [9.17, 15) is 4.79 Å². The van der Waals surface area contributed by atoms with Gasteiger partial charge in [0.25, 0.3) is 0 Å². The molecule has 0 radical (unpaired) electrons. The first-order chi connectivity index (χ1) is 6.13. The molecule has 3 N–H and O–H groups in total. The Morgan fingerprint density at radius 2 is 2.31 bits per heavy atom. The van der Waals surface area contributed by atoms with E-state index in [1.807, 2.05) is 6.92 Å². The van der Waals surface area contributed by atoms with Crippen molar-refractivity contribution in [2.45, 2.75) is 51.6 Å². The lowest BCUT2D eigenvalue weighted by molar-refractivity contribution is -0.123. The molecule has 3 heteroatoms. The van der Waals surface area contributed by atoms with E-state index in [0.717, 1.165) is 18.8 Å². The third kappa shape index (κ3) is 2.99. The summed E-state index contributed by atoms with van der Waals surface area (Å²) >= 11 is 0. The molecule has 76 valence electrons. The Hall–Kier alpha value is -0.570. The van der Waals surface area contributed by atoms with Gasteiger partial charge >= 0.3 is 0 Å². The molecule has 0 aromatic rings. The minimum absolute atomic E-state index is 0.0154. The van der Waals surface area contributed by atoms with Crippen molar-refractivity contribution in [1.29, 1.82) is 0 Å². The highest BCUT2D eigenvalue weighted by Crippen LogP contribution is 2.24. The van der Waals surface area contributed by atoms with Gasteiger partial charge in [-0.2, -0.15) is 0 Å². The molecule has 2 unspecified atom stereocenters. The standard InChI is InChI=1S/C10H20N2O/c1-3-9(11)10(13)12-8-5-4-7(2)6-8/h7-9H,3-6,11H2,1-2H3,(H,12,13)/t7?,8?,9-/m0/s1. The van der Waals surface area contributed by atoms with E-state index in [-0.39, 0.29) is 11.9 Å². The van der Waals surface area contributed by atoms with Crippen LogP contribution in [-0.4, -0.2) is 18.0 Å². The molecule has 0 aromatic heterocycles. The highest BCUT2D eigenvalue weighted by molar-refractivity contribution is 5.81. The molecular formula is C10H20N2O. The van der Waals surface area contributed by atoms with Gasteiger partial charge in [-0.05, 0) is 31.6 Å². The fourth-order valence-electron chi connectivity index (χ4n) is 1.83. The van der Waals surface area contributed by atoms with E-state index in [2.05, 4.69) is 12.2 Å². The number of nitrogens with two attached hydrogens (primary N) is 1. The average molecular weight is 184 g/mol. The molecule has 3 nitrogen and oxygen atoms in total. The van der Waals surface area contributed by atoms with Crippen LogP contribution in [0.2, 0.25) is 0 Å². The maximum Gasteiger partial charge on any atom is 0.237 e.